The van der Waals surface area contributed by atoms with Crippen molar-refractivity contribution in [2.75, 3.05) is 13.1 Å². The Morgan fingerprint density at radius 2 is 1.96 bits per heavy atom. The van der Waals surface area contributed by atoms with E-state index in [1.165, 1.54) is 12.1 Å². The topological polar surface area (TPSA) is 96.5 Å². The number of carbonyl (C=O) groups is 2. The van der Waals surface area contributed by atoms with Crippen LogP contribution in [0.1, 0.15) is 51.2 Å². The zero-order chi connectivity index (χ0) is 16.4. The number of benzene rings is 1. The van der Waals surface area contributed by atoms with Crippen LogP contribution in [0, 0.1) is 6.92 Å². The van der Waals surface area contributed by atoms with Crippen LogP contribution in [0.2, 0.25) is 0 Å². The molecule has 0 saturated carbocycles. The third-order valence-electron chi connectivity index (χ3n) is 4.03. The number of aromatic nitrogens is 2. The Hall–Kier alpha value is -2.70. The third-order valence-corrected chi connectivity index (χ3v) is 4.03. The second kappa shape index (κ2) is 6.20. The van der Waals surface area contributed by atoms with E-state index in [9.17, 15) is 9.59 Å². The summed E-state index contributed by atoms with van der Waals surface area (Å²) in [5.74, 6) is 0.232. The fourth-order valence-corrected chi connectivity index (χ4v) is 2.78. The minimum Gasteiger partial charge on any atom is -0.478 e. The van der Waals surface area contributed by atoms with Crippen LogP contribution < -0.4 is 0 Å². The van der Waals surface area contributed by atoms with Crippen molar-refractivity contribution >= 4 is 11.9 Å². The average molecular weight is 315 g/mol. The number of piperidine rings is 1. The van der Waals surface area contributed by atoms with E-state index in [2.05, 4.69) is 10.1 Å². The molecule has 2 aromatic rings. The number of carboxylic acids is 1. The number of rotatable bonds is 3. The van der Waals surface area contributed by atoms with E-state index in [1.807, 2.05) is 0 Å². The van der Waals surface area contributed by atoms with Crippen LogP contribution in [0.5, 0.6) is 0 Å². The van der Waals surface area contributed by atoms with Gasteiger partial charge in [-0.1, -0.05) is 11.2 Å². The van der Waals surface area contributed by atoms with E-state index in [0.29, 0.717) is 30.4 Å². The van der Waals surface area contributed by atoms with Gasteiger partial charge < -0.3 is 14.5 Å². The molecule has 23 heavy (non-hydrogen) atoms. The molecule has 1 amide bonds. The molecule has 1 aliphatic rings. The number of nitrogens with zero attached hydrogens (tertiary/aromatic N) is 3. The van der Waals surface area contributed by atoms with Crippen molar-refractivity contribution in [2.45, 2.75) is 25.7 Å². The summed E-state index contributed by atoms with van der Waals surface area (Å²) in [5, 5.41) is 12.8. The van der Waals surface area contributed by atoms with Crippen molar-refractivity contribution in [3.8, 4) is 0 Å². The van der Waals surface area contributed by atoms with Gasteiger partial charge in [-0.05, 0) is 38.0 Å². The van der Waals surface area contributed by atoms with Crippen molar-refractivity contribution in [3.63, 3.8) is 0 Å². The summed E-state index contributed by atoms with van der Waals surface area (Å²) in [4.78, 5) is 29.5. The normalized spacial score (nSPS) is 15.6. The lowest BCUT2D eigenvalue weighted by Crippen LogP contribution is -2.38. The minimum atomic E-state index is -1.04. The van der Waals surface area contributed by atoms with Crippen molar-refractivity contribution in [2.24, 2.45) is 0 Å². The SMILES string of the molecule is Cc1noc(C2CCN(C(=O)c3cccc(C(=O)O)c3)CC2)n1. The average Bonchev–Trinajstić information content (AvgIpc) is 3.01. The zero-order valence-electron chi connectivity index (χ0n) is 12.7. The highest BCUT2D eigenvalue weighted by Gasteiger charge is 2.27. The summed E-state index contributed by atoms with van der Waals surface area (Å²) in [7, 11) is 0. The lowest BCUT2D eigenvalue weighted by Gasteiger charge is -2.30. The van der Waals surface area contributed by atoms with Crippen molar-refractivity contribution in [1.29, 1.82) is 0 Å². The summed E-state index contributed by atoms with van der Waals surface area (Å²) >= 11 is 0. The molecule has 3 rings (SSSR count). The number of hydrogen-bond donors (Lipinski definition) is 1. The molecule has 1 aliphatic heterocycles. The van der Waals surface area contributed by atoms with Gasteiger partial charge in [0.1, 0.15) is 0 Å². The van der Waals surface area contributed by atoms with E-state index in [4.69, 9.17) is 9.63 Å². The third kappa shape index (κ3) is 3.23. The maximum Gasteiger partial charge on any atom is 0.335 e. The number of hydrogen-bond acceptors (Lipinski definition) is 5. The molecule has 1 N–H and O–H groups in total. The molecule has 0 spiro atoms. The summed E-state index contributed by atoms with van der Waals surface area (Å²) in [6.07, 6.45) is 1.51. The van der Waals surface area contributed by atoms with Gasteiger partial charge in [0.15, 0.2) is 5.82 Å². The van der Waals surface area contributed by atoms with E-state index in [0.717, 1.165) is 12.8 Å². The molecule has 1 fully saturated rings. The predicted octanol–water partition coefficient (Wildman–Crippen LogP) is 2.10. The predicted molar refractivity (Wildman–Crippen MR) is 80.3 cm³/mol. The van der Waals surface area contributed by atoms with E-state index >= 15 is 0 Å². The van der Waals surface area contributed by atoms with E-state index in [1.54, 1.807) is 24.0 Å². The van der Waals surface area contributed by atoms with Crippen LogP contribution in [0.25, 0.3) is 0 Å². The highest BCUT2D eigenvalue weighted by molar-refractivity contribution is 5.97. The van der Waals surface area contributed by atoms with Gasteiger partial charge in [-0.2, -0.15) is 4.98 Å². The van der Waals surface area contributed by atoms with Gasteiger partial charge in [-0.15, -0.1) is 0 Å². The van der Waals surface area contributed by atoms with Gasteiger partial charge in [0.25, 0.3) is 5.91 Å². The summed E-state index contributed by atoms with van der Waals surface area (Å²) in [6, 6.07) is 6.12. The first-order valence-corrected chi connectivity index (χ1v) is 7.47. The monoisotopic (exact) mass is 315 g/mol. The molecule has 1 aromatic heterocycles. The van der Waals surface area contributed by atoms with Gasteiger partial charge in [-0.25, -0.2) is 4.79 Å². The molecule has 0 atom stereocenters. The number of amides is 1. The maximum atomic E-state index is 12.5. The standard InChI is InChI=1S/C16H17N3O4/c1-10-17-14(23-18-10)11-5-7-19(8-6-11)15(20)12-3-2-4-13(9-12)16(21)22/h2-4,9,11H,5-8H2,1H3,(H,21,22). The molecular weight excluding hydrogens is 298 g/mol. The first kappa shape index (κ1) is 15.2. The molecule has 7 heteroatoms. The molecule has 7 nitrogen and oxygen atoms in total. The largest absolute Gasteiger partial charge is 0.478 e. The smallest absolute Gasteiger partial charge is 0.335 e. The van der Waals surface area contributed by atoms with Crippen LogP contribution >= 0.6 is 0 Å². The number of carbonyl (C=O) groups excluding carboxylic acids is 1. The van der Waals surface area contributed by atoms with Crippen molar-refractivity contribution in [3.05, 3.63) is 47.1 Å². The Kier molecular flexibility index (Phi) is 4.10. The fourth-order valence-electron chi connectivity index (χ4n) is 2.78. The quantitative estimate of drug-likeness (QED) is 0.931. The highest BCUT2D eigenvalue weighted by Crippen LogP contribution is 2.27. The van der Waals surface area contributed by atoms with Gasteiger partial charge in [0, 0.05) is 24.6 Å². The number of aromatic carboxylic acids is 1. The van der Waals surface area contributed by atoms with Gasteiger partial charge in [0.05, 0.1) is 5.56 Å². The van der Waals surface area contributed by atoms with Crippen LogP contribution in [-0.4, -0.2) is 45.1 Å². The second-order valence-corrected chi connectivity index (χ2v) is 5.63. The molecule has 0 unspecified atom stereocenters. The first-order valence-electron chi connectivity index (χ1n) is 7.47. The Bertz CT molecular complexity index is 732. The molecule has 2 heterocycles. The second-order valence-electron chi connectivity index (χ2n) is 5.63. The van der Waals surface area contributed by atoms with Crippen molar-refractivity contribution in [1.82, 2.24) is 15.0 Å². The first-order chi connectivity index (χ1) is 11.0. The lowest BCUT2D eigenvalue weighted by atomic mass is 9.96. The summed E-state index contributed by atoms with van der Waals surface area (Å²) < 4.78 is 5.20. The zero-order valence-corrected chi connectivity index (χ0v) is 12.7. The molecule has 0 aliphatic carbocycles. The Morgan fingerprint density at radius 1 is 1.26 bits per heavy atom. The lowest BCUT2D eigenvalue weighted by molar-refractivity contribution is 0.0697. The van der Waals surface area contributed by atoms with Crippen LogP contribution in [0.15, 0.2) is 28.8 Å². The highest BCUT2D eigenvalue weighted by atomic mass is 16.5. The molecule has 0 radical (unpaired) electrons. The number of likely N-dealkylation sites (tertiary alicyclic amines) is 1. The maximum absolute atomic E-state index is 12.5. The van der Waals surface area contributed by atoms with E-state index < -0.39 is 5.97 Å². The molecule has 120 valence electrons. The fraction of sp³-hybridized carbons (Fsp3) is 0.375. The van der Waals surface area contributed by atoms with Crippen LogP contribution in [-0.2, 0) is 0 Å². The van der Waals surface area contributed by atoms with Gasteiger partial charge in [0.2, 0.25) is 5.89 Å². The molecule has 1 aromatic carbocycles. The van der Waals surface area contributed by atoms with Crippen LogP contribution in [0.4, 0.5) is 0 Å². The molecule has 1 saturated heterocycles. The summed E-state index contributed by atoms with van der Waals surface area (Å²) in [6.45, 7) is 2.95. The molecule has 0 bridgehead atoms. The molecular formula is C16H17N3O4. The van der Waals surface area contributed by atoms with Gasteiger partial charge >= 0.3 is 5.97 Å². The van der Waals surface area contributed by atoms with Crippen molar-refractivity contribution < 1.29 is 19.2 Å². The van der Waals surface area contributed by atoms with Crippen LogP contribution in [0.3, 0.4) is 0 Å². The van der Waals surface area contributed by atoms with Gasteiger partial charge in [-0.3, -0.25) is 4.79 Å². The Morgan fingerprint density at radius 3 is 2.57 bits per heavy atom. The Labute approximate surface area is 132 Å². The number of carboxylic acid groups (broad SMARTS) is 1. The van der Waals surface area contributed by atoms with E-state index in [-0.39, 0.29) is 17.4 Å². The summed E-state index contributed by atoms with van der Waals surface area (Å²) in [5.41, 5.74) is 0.518. The Balaban J connectivity index is 1.66. The minimum absolute atomic E-state index is 0.118. The number of aryl methyl sites for hydroxylation is 1.